The molecular weight excluding hydrogens is 192 g/mol. The van der Waals surface area contributed by atoms with Crippen LogP contribution in [0.4, 0.5) is 0 Å². The summed E-state index contributed by atoms with van der Waals surface area (Å²) in [6, 6.07) is 1.95. The van der Waals surface area contributed by atoms with Crippen LogP contribution in [0.5, 0.6) is 0 Å². The number of rotatable bonds is 2. The Labute approximate surface area is 88.3 Å². The predicted octanol–water partition coefficient (Wildman–Crippen LogP) is -0.0416. The van der Waals surface area contributed by atoms with Crippen molar-refractivity contribution in [3.8, 4) is 0 Å². The Hall–Kier alpha value is -1.49. The van der Waals surface area contributed by atoms with Gasteiger partial charge in [0.15, 0.2) is 0 Å². The molecule has 1 amide bonds. The van der Waals surface area contributed by atoms with E-state index in [0.29, 0.717) is 5.56 Å². The molecule has 0 aromatic carbocycles. The highest BCUT2D eigenvalue weighted by atomic mass is 16.1. The molecule has 1 aromatic heterocycles. The van der Waals surface area contributed by atoms with Gasteiger partial charge in [0.05, 0.1) is 18.0 Å². The summed E-state index contributed by atoms with van der Waals surface area (Å²) in [6.45, 7) is 1.94. The second-order valence-corrected chi connectivity index (χ2v) is 3.63. The van der Waals surface area contributed by atoms with E-state index in [9.17, 15) is 4.79 Å². The summed E-state index contributed by atoms with van der Waals surface area (Å²) in [5, 5.41) is 13.6. The van der Waals surface area contributed by atoms with Crippen LogP contribution in [0.25, 0.3) is 0 Å². The van der Waals surface area contributed by atoms with Crippen LogP contribution in [-0.4, -0.2) is 35.2 Å². The minimum absolute atomic E-state index is 0.0585. The monoisotopic (exact) mass is 206 g/mol. The van der Waals surface area contributed by atoms with Crippen molar-refractivity contribution < 1.29 is 4.79 Å². The first-order chi connectivity index (χ1) is 7.36. The third-order valence-electron chi connectivity index (χ3n) is 2.52. The first-order valence-electron chi connectivity index (χ1n) is 5.14. The van der Waals surface area contributed by atoms with Gasteiger partial charge in [0.25, 0.3) is 5.91 Å². The van der Waals surface area contributed by atoms with Crippen LogP contribution in [0.1, 0.15) is 23.2 Å². The molecule has 0 bridgehead atoms. The zero-order chi connectivity index (χ0) is 10.5. The summed E-state index contributed by atoms with van der Waals surface area (Å²) < 4.78 is 0. The second-order valence-electron chi connectivity index (χ2n) is 3.63. The highest BCUT2D eigenvalue weighted by Gasteiger charge is 2.16. The SMILES string of the molecule is O=C(NC1CCNCC1)c1ccnnc1. The van der Waals surface area contributed by atoms with Crippen LogP contribution < -0.4 is 10.6 Å². The predicted molar refractivity (Wildman–Crippen MR) is 55.4 cm³/mol. The summed E-state index contributed by atoms with van der Waals surface area (Å²) in [5.41, 5.74) is 0.573. The lowest BCUT2D eigenvalue weighted by Crippen LogP contribution is -2.42. The van der Waals surface area contributed by atoms with E-state index in [0.717, 1.165) is 25.9 Å². The minimum atomic E-state index is -0.0585. The van der Waals surface area contributed by atoms with E-state index in [1.165, 1.54) is 12.4 Å². The molecule has 2 N–H and O–H groups in total. The summed E-state index contributed by atoms with van der Waals surface area (Å²) >= 11 is 0. The molecule has 0 spiro atoms. The van der Waals surface area contributed by atoms with Gasteiger partial charge in [-0.2, -0.15) is 10.2 Å². The van der Waals surface area contributed by atoms with Crippen molar-refractivity contribution in [2.75, 3.05) is 13.1 Å². The average molecular weight is 206 g/mol. The minimum Gasteiger partial charge on any atom is -0.349 e. The number of nitrogens with zero attached hydrogens (tertiary/aromatic N) is 2. The quantitative estimate of drug-likeness (QED) is 0.712. The van der Waals surface area contributed by atoms with Gasteiger partial charge >= 0.3 is 0 Å². The fourth-order valence-corrected chi connectivity index (χ4v) is 1.66. The Morgan fingerprint density at radius 1 is 1.40 bits per heavy atom. The van der Waals surface area contributed by atoms with Crippen LogP contribution in [0.2, 0.25) is 0 Å². The van der Waals surface area contributed by atoms with Gasteiger partial charge in [0.1, 0.15) is 0 Å². The highest BCUT2D eigenvalue weighted by Crippen LogP contribution is 2.03. The zero-order valence-corrected chi connectivity index (χ0v) is 8.44. The van der Waals surface area contributed by atoms with E-state index >= 15 is 0 Å². The summed E-state index contributed by atoms with van der Waals surface area (Å²) in [6.07, 6.45) is 4.99. The average Bonchev–Trinajstić information content (AvgIpc) is 2.31. The highest BCUT2D eigenvalue weighted by molar-refractivity contribution is 5.93. The topological polar surface area (TPSA) is 66.9 Å². The molecule has 80 valence electrons. The molecule has 0 unspecified atom stereocenters. The maximum Gasteiger partial charge on any atom is 0.253 e. The van der Waals surface area contributed by atoms with Crippen LogP contribution in [-0.2, 0) is 0 Å². The molecule has 1 saturated heterocycles. The van der Waals surface area contributed by atoms with Crippen LogP contribution in [0.15, 0.2) is 18.5 Å². The third-order valence-corrected chi connectivity index (χ3v) is 2.52. The molecule has 1 aliphatic rings. The van der Waals surface area contributed by atoms with Crippen molar-refractivity contribution >= 4 is 5.91 Å². The lowest BCUT2D eigenvalue weighted by Gasteiger charge is -2.23. The summed E-state index contributed by atoms with van der Waals surface area (Å²) in [7, 11) is 0. The fourth-order valence-electron chi connectivity index (χ4n) is 1.66. The molecule has 1 aromatic rings. The van der Waals surface area contributed by atoms with Gasteiger partial charge in [0.2, 0.25) is 0 Å². The molecule has 0 aliphatic carbocycles. The largest absolute Gasteiger partial charge is 0.349 e. The normalized spacial score (nSPS) is 17.3. The maximum absolute atomic E-state index is 11.7. The second kappa shape index (κ2) is 4.84. The molecule has 15 heavy (non-hydrogen) atoms. The van der Waals surface area contributed by atoms with E-state index in [-0.39, 0.29) is 11.9 Å². The number of carbonyl (C=O) groups is 1. The van der Waals surface area contributed by atoms with Crippen LogP contribution >= 0.6 is 0 Å². The number of hydrogen-bond acceptors (Lipinski definition) is 4. The molecule has 5 heteroatoms. The number of carbonyl (C=O) groups excluding carboxylic acids is 1. The van der Waals surface area contributed by atoms with Crippen molar-refractivity contribution in [1.82, 2.24) is 20.8 Å². The van der Waals surface area contributed by atoms with Gasteiger partial charge in [-0.3, -0.25) is 4.79 Å². The molecule has 1 aliphatic heterocycles. The van der Waals surface area contributed by atoms with Gasteiger partial charge in [-0.05, 0) is 32.0 Å². The third kappa shape index (κ3) is 2.73. The van der Waals surface area contributed by atoms with Gasteiger partial charge in [0, 0.05) is 6.04 Å². The van der Waals surface area contributed by atoms with Crippen molar-refractivity contribution in [1.29, 1.82) is 0 Å². The molecule has 1 fully saturated rings. The number of piperidine rings is 1. The summed E-state index contributed by atoms with van der Waals surface area (Å²) in [4.78, 5) is 11.7. The lowest BCUT2D eigenvalue weighted by atomic mass is 10.1. The molecule has 0 radical (unpaired) electrons. The number of amides is 1. The van der Waals surface area contributed by atoms with E-state index in [2.05, 4.69) is 20.8 Å². The van der Waals surface area contributed by atoms with E-state index in [1.54, 1.807) is 6.07 Å². The van der Waals surface area contributed by atoms with Crippen molar-refractivity contribution in [3.05, 3.63) is 24.0 Å². The zero-order valence-electron chi connectivity index (χ0n) is 8.44. The molecule has 0 saturated carbocycles. The van der Waals surface area contributed by atoms with Crippen LogP contribution in [0, 0.1) is 0 Å². The fraction of sp³-hybridized carbons (Fsp3) is 0.500. The Morgan fingerprint density at radius 3 is 2.87 bits per heavy atom. The first-order valence-corrected chi connectivity index (χ1v) is 5.14. The number of nitrogens with one attached hydrogen (secondary N) is 2. The smallest absolute Gasteiger partial charge is 0.253 e. The standard InChI is InChI=1S/C10H14N4O/c15-10(8-1-6-12-13-7-8)14-9-2-4-11-5-3-9/h1,6-7,9,11H,2-5H2,(H,14,15). The Morgan fingerprint density at radius 2 is 2.20 bits per heavy atom. The molecule has 2 rings (SSSR count). The number of aromatic nitrogens is 2. The van der Waals surface area contributed by atoms with E-state index in [4.69, 9.17) is 0 Å². The Bertz CT molecular complexity index is 321. The Balaban J connectivity index is 1.91. The molecule has 5 nitrogen and oxygen atoms in total. The van der Waals surface area contributed by atoms with Gasteiger partial charge < -0.3 is 10.6 Å². The molecular formula is C10H14N4O. The summed E-state index contributed by atoms with van der Waals surface area (Å²) in [5.74, 6) is -0.0585. The van der Waals surface area contributed by atoms with Crippen molar-refractivity contribution in [2.45, 2.75) is 18.9 Å². The van der Waals surface area contributed by atoms with Crippen molar-refractivity contribution in [3.63, 3.8) is 0 Å². The van der Waals surface area contributed by atoms with Crippen LogP contribution in [0.3, 0.4) is 0 Å². The maximum atomic E-state index is 11.7. The molecule has 2 heterocycles. The number of hydrogen-bond donors (Lipinski definition) is 2. The van der Waals surface area contributed by atoms with Gasteiger partial charge in [-0.1, -0.05) is 0 Å². The molecule has 0 atom stereocenters. The van der Waals surface area contributed by atoms with E-state index in [1.807, 2.05) is 0 Å². The van der Waals surface area contributed by atoms with E-state index < -0.39 is 0 Å². The first kappa shape index (κ1) is 10.0. The van der Waals surface area contributed by atoms with Gasteiger partial charge in [-0.25, -0.2) is 0 Å². The van der Waals surface area contributed by atoms with Crippen molar-refractivity contribution in [2.24, 2.45) is 0 Å². The van der Waals surface area contributed by atoms with Gasteiger partial charge in [-0.15, -0.1) is 0 Å². The Kier molecular flexibility index (Phi) is 3.24. The lowest BCUT2D eigenvalue weighted by molar-refractivity contribution is 0.0929.